The second-order valence-electron chi connectivity index (χ2n) is 10.2. The van der Waals surface area contributed by atoms with Crippen LogP contribution in [0.5, 0.6) is 0 Å². The quantitative estimate of drug-likeness (QED) is 0.278. The first kappa shape index (κ1) is 22.6. The molecule has 3 aromatic carbocycles. The Kier molecular flexibility index (Phi) is 5.59. The molecule has 0 saturated carbocycles. The van der Waals surface area contributed by atoms with Gasteiger partial charge in [0.2, 0.25) is 0 Å². The van der Waals surface area contributed by atoms with Crippen molar-refractivity contribution in [2.45, 2.75) is 25.7 Å². The van der Waals surface area contributed by atoms with E-state index in [1.807, 2.05) is 0 Å². The average molecular weight is 491 g/mol. The van der Waals surface area contributed by atoms with Gasteiger partial charge < -0.3 is 9.47 Å². The Bertz CT molecular complexity index is 1700. The van der Waals surface area contributed by atoms with Gasteiger partial charge in [0, 0.05) is 34.4 Å². The van der Waals surface area contributed by atoms with Crippen molar-refractivity contribution in [3.63, 3.8) is 0 Å². The van der Waals surface area contributed by atoms with E-state index < -0.39 is 0 Å². The Labute approximate surface area is 224 Å². The summed E-state index contributed by atoms with van der Waals surface area (Å²) in [6, 6.07) is 26.7. The molecule has 2 aliphatic carbocycles. The molecule has 0 fully saturated rings. The molecule has 1 aliphatic heterocycles. The fourth-order valence-corrected chi connectivity index (χ4v) is 6.00. The first-order valence-electron chi connectivity index (χ1n) is 13.5. The summed E-state index contributed by atoms with van der Waals surface area (Å²) in [6.07, 6.45) is 21.8. The van der Waals surface area contributed by atoms with E-state index in [0.29, 0.717) is 0 Å². The molecule has 1 aromatic heterocycles. The van der Waals surface area contributed by atoms with Crippen molar-refractivity contribution < 1.29 is 0 Å². The molecular weight excluding hydrogens is 460 g/mol. The highest BCUT2D eigenvalue weighted by Gasteiger charge is 2.19. The molecule has 0 N–H and O–H groups in total. The summed E-state index contributed by atoms with van der Waals surface area (Å²) in [6.45, 7) is 4.30. The van der Waals surface area contributed by atoms with Gasteiger partial charge in [-0.1, -0.05) is 73.3 Å². The second-order valence-corrected chi connectivity index (χ2v) is 10.2. The van der Waals surface area contributed by atoms with Gasteiger partial charge in [-0.15, -0.1) is 0 Å². The molecule has 4 aromatic rings. The molecule has 38 heavy (non-hydrogen) atoms. The Morgan fingerprint density at radius 1 is 0.658 bits per heavy atom. The Hall–Kier alpha value is -4.56. The molecule has 3 aliphatic rings. The number of hydrogen-bond acceptors (Lipinski definition) is 1. The van der Waals surface area contributed by atoms with Crippen LogP contribution < -0.4 is 4.90 Å². The molecule has 0 atom stereocenters. The van der Waals surface area contributed by atoms with Crippen molar-refractivity contribution in [3.8, 4) is 16.8 Å². The lowest BCUT2D eigenvalue weighted by molar-refractivity contribution is 0.938. The largest absolute Gasteiger partial charge is 0.317 e. The molecule has 2 heteroatoms. The van der Waals surface area contributed by atoms with Gasteiger partial charge in [0.25, 0.3) is 0 Å². The molecule has 0 radical (unpaired) electrons. The lowest BCUT2D eigenvalue weighted by Crippen LogP contribution is -2.18. The normalized spacial score (nSPS) is 17.4. The minimum Gasteiger partial charge on any atom is -0.317 e. The molecule has 184 valence electrons. The number of hydrogen-bond donors (Lipinski definition) is 0. The number of rotatable bonds is 3. The molecule has 0 amide bonds. The SMILES string of the molecule is C=C1/C=C\C=CN(c2ccc(-c3ccc(-n4c5c(c6ccccc64)CCC=C5)cc3)cc2)C2=C1CCC=C2. The third-order valence-electron chi connectivity index (χ3n) is 7.90. The summed E-state index contributed by atoms with van der Waals surface area (Å²) < 4.78 is 2.41. The maximum atomic E-state index is 4.30. The van der Waals surface area contributed by atoms with Gasteiger partial charge in [-0.3, -0.25) is 0 Å². The van der Waals surface area contributed by atoms with Gasteiger partial charge in [-0.05, 0) is 102 Å². The van der Waals surface area contributed by atoms with Crippen LogP contribution in [0, 0.1) is 0 Å². The lowest BCUT2D eigenvalue weighted by Gasteiger charge is -2.28. The smallest absolute Gasteiger partial charge is 0.0537 e. The van der Waals surface area contributed by atoms with Gasteiger partial charge in [0.1, 0.15) is 0 Å². The third-order valence-corrected chi connectivity index (χ3v) is 7.90. The number of fused-ring (bicyclic) bond motifs is 3. The summed E-state index contributed by atoms with van der Waals surface area (Å²) in [5.74, 6) is 0. The zero-order valence-electron chi connectivity index (χ0n) is 21.5. The lowest BCUT2D eigenvalue weighted by atomic mass is 9.94. The Balaban J connectivity index is 1.22. The maximum Gasteiger partial charge on any atom is 0.0537 e. The van der Waals surface area contributed by atoms with Gasteiger partial charge in [-0.2, -0.15) is 0 Å². The van der Waals surface area contributed by atoms with Crippen LogP contribution in [-0.4, -0.2) is 4.57 Å². The first-order valence-corrected chi connectivity index (χ1v) is 13.5. The molecule has 7 rings (SSSR count). The average Bonchev–Trinajstić information content (AvgIpc) is 3.31. The number of anilines is 1. The van der Waals surface area contributed by atoms with E-state index in [4.69, 9.17) is 0 Å². The summed E-state index contributed by atoms with van der Waals surface area (Å²) >= 11 is 0. The minimum atomic E-state index is 1.03. The van der Waals surface area contributed by atoms with Crippen LogP contribution in [0.4, 0.5) is 5.69 Å². The molecular formula is C36H30N2. The van der Waals surface area contributed by atoms with Crippen LogP contribution in [0.25, 0.3) is 33.8 Å². The van der Waals surface area contributed by atoms with Gasteiger partial charge >= 0.3 is 0 Å². The molecule has 0 unspecified atom stereocenters. The summed E-state index contributed by atoms with van der Waals surface area (Å²) in [4.78, 5) is 2.28. The fourth-order valence-electron chi connectivity index (χ4n) is 6.00. The fraction of sp³-hybridized carbons (Fsp3) is 0.111. The van der Waals surface area contributed by atoms with Crippen LogP contribution in [0.3, 0.4) is 0 Å². The predicted octanol–water partition coefficient (Wildman–Crippen LogP) is 9.31. The summed E-state index contributed by atoms with van der Waals surface area (Å²) in [5.41, 5.74) is 12.5. The number of allylic oxidation sites excluding steroid dienone is 8. The minimum absolute atomic E-state index is 1.03. The van der Waals surface area contributed by atoms with Crippen molar-refractivity contribution in [2.24, 2.45) is 0 Å². The van der Waals surface area contributed by atoms with Crippen LogP contribution >= 0.6 is 0 Å². The van der Waals surface area contributed by atoms with E-state index in [2.05, 4.69) is 138 Å². The maximum absolute atomic E-state index is 4.30. The molecule has 0 saturated heterocycles. The molecule has 0 spiro atoms. The highest BCUT2D eigenvalue weighted by molar-refractivity contribution is 5.90. The predicted molar refractivity (Wildman–Crippen MR) is 161 cm³/mol. The Morgan fingerprint density at radius 3 is 2.18 bits per heavy atom. The number of nitrogens with zero attached hydrogens (tertiary/aromatic N) is 2. The van der Waals surface area contributed by atoms with Crippen molar-refractivity contribution in [3.05, 3.63) is 150 Å². The van der Waals surface area contributed by atoms with E-state index in [1.165, 1.54) is 50.2 Å². The summed E-state index contributed by atoms with van der Waals surface area (Å²) in [5, 5.41) is 1.37. The van der Waals surface area contributed by atoms with Crippen molar-refractivity contribution in [2.75, 3.05) is 4.90 Å². The van der Waals surface area contributed by atoms with Gasteiger partial charge in [-0.25, -0.2) is 0 Å². The topological polar surface area (TPSA) is 8.17 Å². The van der Waals surface area contributed by atoms with Crippen LogP contribution in [-0.2, 0) is 6.42 Å². The summed E-state index contributed by atoms with van der Waals surface area (Å²) in [7, 11) is 0. The third kappa shape index (κ3) is 3.81. The van der Waals surface area contributed by atoms with Crippen molar-refractivity contribution in [1.82, 2.24) is 4.57 Å². The number of aryl methyl sites for hydroxylation is 1. The standard InChI is InChI=1S/C36H30N2/c1-26-10-8-9-25-37(34-14-5-2-11-31(26)34)29-21-17-27(18-22-29)28-19-23-30(24-20-28)38-35-15-6-3-12-32(35)33-13-4-7-16-36(33)38/h3,5-10,12,14-25H,1-2,4,11,13H2/b10-8-,25-9?. The van der Waals surface area contributed by atoms with Gasteiger partial charge in [0.05, 0.1) is 5.52 Å². The van der Waals surface area contributed by atoms with Crippen LogP contribution in [0.15, 0.2) is 139 Å². The van der Waals surface area contributed by atoms with Crippen LogP contribution in [0.1, 0.15) is 30.5 Å². The van der Waals surface area contributed by atoms with E-state index in [1.54, 1.807) is 0 Å². The van der Waals surface area contributed by atoms with Crippen molar-refractivity contribution >= 4 is 22.7 Å². The first-order chi connectivity index (χ1) is 18.8. The Morgan fingerprint density at radius 2 is 1.37 bits per heavy atom. The number of benzene rings is 3. The van der Waals surface area contributed by atoms with E-state index in [0.717, 1.165) is 36.9 Å². The van der Waals surface area contributed by atoms with E-state index >= 15 is 0 Å². The van der Waals surface area contributed by atoms with Crippen molar-refractivity contribution in [1.29, 1.82) is 0 Å². The zero-order chi connectivity index (χ0) is 25.5. The van der Waals surface area contributed by atoms with Gasteiger partial charge in [0.15, 0.2) is 0 Å². The second kappa shape index (κ2) is 9.39. The van der Waals surface area contributed by atoms with E-state index in [-0.39, 0.29) is 0 Å². The van der Waals surface area contributed by atoms with Crippen LogP contribution in [0.2, 0.25) is 0 Å². The molecule has 2 nitrogen and oxygen atoms in total. The highest BCUT2D eigenvalue weighted by Crippen LogP contribution is 2.36. The monoisotopic (exact) mass is 490 g/mol. The number of aromatic nitrogens is 1. The number of para-hydroxylation sites is 1. The molecule has 0 bridgehead atoms. The molecule has 2 heterocycles. The highest BCUT2D eigenvalue weighted by atomic mass is 15.1. The van der Waals surface area contributed by atoms with E-state index in [9.17, 15) is 0 Å². The zero-order valence-corrected chi connectivity index (χ0v) is 21.5.